The topological polar surface area (TPSA) is 65.4 Å². The highest BCUT2D eigenvalue weighted by Gasteiger charge is 2.16. The van der Waals surface area contributed by atoms with Gasteiger partial charge in [-0.15, -0.1) is 0 Å². The molecule has 6 heteroatoms. The number of carbonyl (C=O) groups is 1. The molecule has 0 aliphatic rings. The summed E-state index contributed by atoms with van der Waals surface area (Å²) in [5.74, 6) is 1.49. The Labute approximate surface area is 152 Å². The van der Waals surface area contributed by atoms with Crippen LogP contribution in [0.3, 0.4) is 0 Å². The zero-order chi connectivity index (χ0) is 18.4. The first-order chi connectivity index (χ1) is 12.7. The van der Waals surface area contributed by atoms with E-state index in [1.807, 2.05) is 66.9 Å². The van der Waals surface area contributed by atoms with Gasteiger partial charge in [0, 0.05) is 0 Å². The Morgan fingerprint density at radius 1 is 1.12 bits per heavy atom. The summed E-state index contributed by atoms with van der Waals surface area (Å²) in [7, 11) is 0. The molecule has 2 aromatic carbocycles. The number of benzene rings is 2. The Balaban J connectivity index is 1.48. The third-order valence-corrected chi connectivity index (χ3v) is 4.08. The standard InChI is InChI=1S/C20H23N3O3/c1-3-25-16-8-10-17(11-9-16)26-13-12-21-20(24)15(2)23-14-22-18-6-4-5-7-19(18)23/h4-11,14-15H,3,12-13H2,1-2H3,(H,21,24). The van der Waals surface area contributed by atoms with Crippen LogP contribution in [-0.2, 0) is 4.79 Å². The van der Waals surface area contributed by atoms with Gasteiger partial charge in [-0.3, -0.25) is 4.79 Å². The lowest BCUT2D eigenvalue weighted by Crippen LogP contribution is -2.33. The number of nitrogens with zero attached hydrogens (tertiary/aromatic N) is 2. The van der Waals surface area contributed by atoms with Crippen molar-refractivity contribution in [2.75, 3.05) is 19.8 Å². The van der Waals surface area contributed by atoms with Gasteiger partial charge < -0.3 is 19.4 Å². The monoisotopic (exact) mass is 353 g/mol. The summed E-state index contributed by atoms with van der Waals surface area (Å²) in [6, 6.07) is 14.9. The second-order valence-corrected chi connectivity index (χ2v) is 5.86. The fourth-order valence-corrected chi connectivity index (χ4v) is 2.70. The predicted molar refractivity (Wildman–Crippen MR) is 101 cm³/mol. The number of fused-ring (bicyclic) bond motifs is 1. The molecule has 26 heavy (non-hydrogen) atoms. The van der Waals surface area contributed by atoms with Gasteiger partial charge in [0.2, 0.25) is 5.91 Å². The van der Waals surface area contributed by atoms with E-state index in [9.17, 15) is 4.79 Å². The van der Waals surface area contributed by atoms with Crippen LogP contribution in [0, 0.1) is 0 Å². The van der Waals surface area contributed by atoms with Crippen LogP contribution in [0.15, 0.2) is 54.9 Å². The second kappa shape index (κ2) is 8.38. The van der Waals surface area contributed by atoms with Gasteiger partial charge in [-0.1, -0.05) is 12.1 Å². The highest BCUT2D eigenvalue weighted by Crippen LogP contribution is 2.18. The average molecular weight is 353 g/mol. The van der Waals surface area contributed by atoms with Crippen LogP contribution in [0.1, 0.15) is 19.9 Å². The van der Waals surface area contributed by atoms with Crippen molar-refractivity contribution in [2.45, 2.75) is 19.9 Å². The van der Waals surface area contributed by atoms with Crippen LogP contribution < -0.4 is 14.8 Å². The van der Waals surface area contributed by atoms with Crippen molar-refractivity contribution in [1.82, 2.24) is 14.9 Å². The fraction of sp³-hybridized carbons (Fsp3) is 0.300. The lowest BCUT2D eigenvalue weighted by atomic mass is 10.2. The Hall–Kier alpha value is -3.02. The van der Waals surface area contributed by atoms with Crippen molar-refractivity contribution in [3.63, 3.8) is 0 Å². The zero-order valence-corrected chi connectivity index (χ0v) is 15.0. The molecule has 3 aromatic rings. The summed E-state index contributed by atoms with van der Waals surface area (Å²) < 4.78 is 12.9. The van der Waals surface area contributed by atoms with Crippen LogP contribution in [-0.4, -0.2) is 35.2 Å². The van der Waals surface area contributed by atoms with Crippen molar-refractivity contribution < 1.29 is 14.3 Å². The smallest absolute Gasteiger partial charge is 0.242 e. The first-order valence-electron chi connectivity index (χ1n) is 8.74. The maximum absolute atomic E-state index is 12.4. The summed E-state index contributed by atoms with van der Waals surface area (Å²) in [6.45, 7) is 5.27. The van der Waals surface area contributed by atoms with E-state index in [4.69, 9.17) is 9.47 Å². The van der Waals surface area contributed by atoms with E-state index in [0.29, 0.717) is 19.8 Å². The number of hydrogen-bond acceptors (Lipinski definition) is 4. The maximum atomic E-state index is 12.4. The minimum Gasteiger partial charge on any atom is -0.494 e. The molecule has 1 amide bonds. The maximum Gasteiger partial charge on any atom is 0.242 e. The lowest BCUT2D eigenvalue weighted by Gasteiger charge is -2.15. The van der Waals surface area contributed by atoms with E-state index in [1.54, 1.807) is 6.33 Å². The third-order valence-electron chi connectivity index (χ3n) is 4.08. The Morgan fingerprint density at radius 2 is 1.81 bits per heavy atom. The number of carbonyl (C=O) groups excluding carboxylic acids is 1. The van der Waals surface area contributed by atoms with Crippen molar-refractivity contribution >= 4 is 16.9 Å². The number of hydrogen-bond donors (Lipinski definition) is 1. The molecule has 0 radical (unpaired) electrons. The van der Waals surface area contributed by atoms with Gasteiger partial charge in [0.05, 0.1) is 30.5 Å². The number of nitrogens with one attached hydrogen (secondary N) is 1. The quantitative estimate of drug-likeness (QED) is 0.632. The summed E-state index contributed by atoms with van der Waals surface area (Å²) in [4.78, 5) is 16.7. The van der Waals surface area contributed by atoms with Gasteiger partial charge in [0.15, 0.2) is 0 Å². The molecule has 0 fully saturated rings. The summed E-state index contributed by atoms with van der Waals surface area (Å²) >= 11 is 0. The van der Waals surface area contributed by atoms with Gasteiger partial charge in [-0.05, 0) is 50.2 Å². The molecular weight excluding hydrogens is 330 g/mol. The normalized spacial score (nSPS) is 11.9. The van der Waals surface area contributed by atoms with Gasteiger partial charge in [-0.25, -0.2) is 4.98 Å². The molecule has 0 aliphatic heterocycles. The van der Waals surface area contributed by atoms with Crippen molar-refractivity contribution in [3.8, 4) is 11.5 Å². The molecule has 3 rings (SSSR count). The van der Waals surface area contributed by atoms with Crippen LogP contribution >= 0.6 is 0 Å². The molecular formula is C20H23N3O3. The van der Waals surface area contributed by atoms with E-state index in [1.165, 1.54) is 0 Å². The summed E-state index contributed by atoms with van der Waals surface area (Å²) in [6.07, 6.45) is 1.70. The van der Waals surface area contributed by atoms with Gasteiger partial charge in [0.25, 0.3) is 0 Å². The highest BCUT2D eigenvalue weighted by atomic mass is 16.5. The average Bonchev–Trinajstić information content (AvgIpc) is 3.10. The van der Waals surface area contributed by atoms with E-state index >= 15 is 0 Å². The molecule has 1 atom stereocenters. The van der Waals surface area contributed by atoms with Gasteiger partial charge in [0.1, 0.15) is 24.1 Å². The number of para-hydroxylation sites is 2. The highest BCUT2D eigenvalue weighted by molar-refractivity contribution is 5.83. The molecule has 136 valence electrons. The molecule has 0 bridgehead atoms. The zero-order valence-electron chi connectivity index (χ0n) is 15.0. The second-order valence-electron chi connectivity index (χ2n) is 5.86. The van der Waals surface area contributed by atoms with E-state index in [2.05, 4.69) is 10.3 Å². The Kier molecular flexibility index (Phi) is 5.73. The number of amides is 1. The number of aromatic nitrogens is 2. The van der Waals surface area contributed by atoms with Crippen LogP contribution in [0.4, 0.5) is 0 Å². The van der Waals surface area contributed by atoms with Crippen molar-refractivity contribution in [1.29, 1.82) is 0 Å². The predicted octanol–water partition coefficient (Wildman–Crippen LogP) is 3.19. The molecule has 0 saturated heterocycles. The minimum atomic E-state index is -0.340. The minimum absolute atomic E-state index is 0.0663. The van der Waals surface area contributed by atoms with E-state index in [-0.39, 0.29) is 11.9 Å². The molecule has 1 N–H and O–H groups in total. The first-order valence-corrected chi connectivity index (χ1v) is 8.74. The van der Waals surface area contributed by atoms with Gasteiger partial charge in [-0.2, -0.15) is 0 Å². The molecule has 0 spiro atoms. The van der Waals surface area contributed by atoms with Gasteiger partial charge >= 0.3 is 0 Å². The SMILES string of the molecule is CCOc1ccc(OCCNC(=O)C(C)n2cnc3ccccc32)cc1. The first kappa shape index (κ1) is 17.8. The number of rotatable bonds is 8. The van der Waals surface area contributed by atoms with Crippen LogP contribution in [0.5, 0.6) is 11.5 Å². The van der Waals surface area contributed by atoms with Crippen LogP contribution in [0.2, 0.25) is 0 Å². The fourth-order valence-electron chi connectivity index (χ4n) is 2.70. The third kappa shape index (κ3) is 4.14. The number of imidazole rings is 1. The molecule has 1 unspecified atom stereocenters. The van der Waals surface area contributed by atoms with E-state index < -0.39 is 0 Å². The molecule has 6 nitrogen and oxygen atoms in total. The molecule has 1 aromatic heterocycles. The summed E-state index contributed by atoms with van der Waals surface area (Å²) in [5, 5.41) is 2.90. The Morgan fingerprint density at radius 3 is 2.54 bits per heavy atom. The van der Waals surface area contributed by atoms with Crippen LogP contribution in [0.25, 0.3) is 11.0 Å². The largest absolute Gasteiger partial charge is 0.494 e. The summed E-state index contributed by atoms with van der Waals surface area (Å²) in [5.41, 5.74) is 1.83. The molecule has 0 aliphatic carbocycles. The Bertz CT molecular complexity index is 858. The molecule has 0 saturated carbocycles. The van der Waals surface area contributed by atoms with Crippen molar-refractivity contribution in [2.24, 2.45) is 0 Å². The van der Waals surface area contributed by atoms with E-state index in [0.717, 1.165) is 22.5 Å². The number of ether oxygens (including phenoxy) is 2. The lowest BCUT2D eigenvalue weighted by molar-refractivity contribution is -0.123. The van der Waals surface area contributed by atoms with Crippen molar-refractivity contribution in [3.05, 3.63) is 54.9 Å². The molecule has 1 heterocycles.